The number of carbonyl (C=O) groups excluding carboxylic acids is 1. The minimum absolute atomic E-state index is 0.113. The van der Waals surface area contributed by atoms with Crippen molar-refractivity contribution in [2.75, 3.05) is 19.6 Å². The molecule has 5 nitrogen and oxygen atoms in total. The first-order valence-electron chi connectivity index (χ1n) is 9.41. The second kappa shape index (κ2) is 6.87. The fraction of sp³-hybridized carbons (Fsp3) is 0.789. The molecule has 0 unspecified atom stereocenters. The van der Waals surface area contributed by atoms with Gasteiger partial charge in [0.05, 0.1) is 5.69 Å². The number of amides is 1. The molecule has 1 fully saturated rings. The lowest BCUT2D eigenvalue weighted by Crippen LogP contribution is -2.45. The van der Waals surface area contributed by atoms with Crippen LogP contribution in [-0.2, 0) is 16.8 Å². The molecule has 2 aliphatic heterocycles. The Morgan fingerprint density at radius 2 is 1.96 bits per heavy atom. The average molecular weight is 332 g/mol. The normalized spacial score (nSPS) is 22.5. The van der Waals surface area contributed by atoms with Gasteiger partial charge in [-0.25, -0.2) is 4.98 Å². The maximum absolute atomic E-state index is 11.4. The Labute approximate surface area is 145 Å². The highest BCUT2D eigenvalue weighted by Crippen LogP contribution is 2.30. The second-order valence-electron chi connectivity index (χ2n) is 8.46. The molecule has 24 heavy (non-hydrogen) atoms. The molecule has 0 radical (unpaired) electrons. The van der Waals surface area contributed by atoms with Crippen LogP contribution in [0.2, 0.25) is 0 Å². The maximum Gasteiger partial charge on any atom is 0.219 e. The topological polar surface area (TPSA) is 50.2 Å². The first kappa shape index (κ1) is 17.5. The first-order chi connectivity index (χ1) is 11.3. The smallest absolute Gasteiger partial charge is 0.219 e. The number of rotatable bonds is 3. The van der Waals surface area contributed by atoms with Gasteiger partial charge in [-0.1, -0.05) is 20.8 Å². The van der Waals surface area contributed by atoms with Crippen LogP contribution in [0.15, 0.2) is 6.20 Å². The van der Waals surface area contributed by atoms with Crippen molar-refractivity contribution in [3.05, 3.63) is 17.7 Å². The van der Waals surface area contributed by atoms with Crippen LogP contribution in [0.1, 0.15) is 70.8 Å². The van der Waals surface area contributed by atoms with Crippen LogP contribution >= 0.6 is 0 Å². The van der Waals surface area contributed by atoms with Gasteiger partial charge in [0.25, 0.3) is 0 Å². The highest BCUT2D eigenvalue weighted by molar-refractivity contribution is 5.73. The number of likely N-dealkylation sites (tertiary alicyclic amines) is 1. The molecule has 1 N–H and O–H groups in total. The summed E-state index contributed by atoms with van der Waals surface area (Å²) in [7, 11) is 0. The number of hydrogen-bond donors (Lipinski definition) is 1. The molecule has 0 spiro atoms. The molecular formula is C19H32N4O. The van der Waals surface area contributed by atoms with Crippen LogP contribution in [0.3, 0.4) is 0 Å². The molecule has 2 aliphatic rings. The molecule has 0 saturated carbocycles. The lowest BCUT2D eigenvalue weighted by molar-refractivity contribution is -0.129. The van der Waals surface area contributed by atoms with E-state index in [4.69, 9.17) is 4.98 Å². The molecule has 0 aliphatic carbocycles. The summed E-state index contributed by atoms with van der Waals surface area (Å²) in [4.78, 5) is 18.4. The van der Waals surface area contributed by atoms with Crippen molar-refractivity contribution in [2.24, 2.45) is 0 Å². The van der Waals surface area contributed by atoms with Gasteiger partial charge < -0.3 is 14.8 Å². The summed E-state index contributed by atoms with van der Waals surface area (Å²) < 4.78 is 2.37. The van der Waals surface area contributed by atoms with E-state index in [-0.39, 0.29) is 11.3 Å². The molecule has 1 aromatic rings. The largest absolute Gasteiger partial charge is 0.343 e. The number of nitrogens with one attached hydrogen (secondary N) is 1. The second-order valence-corrected chi connectivity index (χ2v) is 8.46. The van der Waals surface area contributed by atoms with Crippen molar-refractivity contribution in [1.82, 2.24) is 19.8 Å². The molecule has 1 atom stereocenters. The van der Waals surface area contributed by atoms with Crippen LogP contribution < -0.4 is 5.32 Å². The van der Waals surface area contributed by atoms with Crippen molar-refractivity contribution in [3.8, 4) is 0 Å². The minimum Gasteiger partial charge on any atom is -0.343 e. The number of imidazole rings is 1. The third-order valence-corrected chi connectivity index (χ3v) is 5.49. The molecule has 0 aromatic carbocycles. The van der Waals surface area contributed by atoms with E-state index < -0.39 is 0 Å². The number of fused-ring (bicyclic) bond motifs is 1. The van der Waals surface area contributed by atoms with Crippen LogP contribution in [0, 0.1) is 0 Å². The Hall–Kier alpha value is -1.36. The maximum atomic E-state index is 11.4. The zero-order chi connectivity index (χ0) is 17.3. The van der Waals surface area contributed by atoms with E-state index in [0.717, 1.165) is 39.0 Å². The zero-order valence-electron chi connectivity index (χ0n) is 15.6. The fourth-order valence-electron chi connectivity index (χ4n) is 3.83. The van der Waals surface area contributed by atoms with Crippen molar-refractivity contribution >= 4 is 5.91 Å². The van der Waals surface area contributed by atoms with E-state index in [1.54, 1.807) is 6.92 Å². The lowest BCUT2D eigenvalue weighted by Gasteiger charge is -2.33. The number of aromatic nitrogens is 2. The summed E-state index contributed by atoms with van der Waals surface area (Å²) in [6.45, 7) is 12.3. The van der Waals surface area contributed by atoms with E-state index in [1.807, 2.05) is 4.90 Å². The summed E-state index contributed by atoms with van der Waals surface area (Å²) in [6.07, 6.45) is 6.84. The third kappa shape index (κ3) is 3.82. The van der Waals surface area contributed by atoms with E-state index in [2.05, 4.69) is 36.9 Å². The van der Waals surface area contributed by atoms with E-state index in [9.17, 15) is 4.79 Å². The molecule has 3 rings (SSSR count). The van der Waals surface area contributed by atoms with Gasteiger partial charge in [0.1, 0.15) is 5.82 Å². The van der Waals surface area contributed by atoms with Gasteiger partial charge in [0.15, 0.2) is 0 Å². The van der Waals surface area contributed by atoms with E-state index >= 15 is 0 Å². The molecule has 134 valence electrons. The Kier molecular flexibility index (Phi) is 5.00. The quantitative estimate of drug-likeness (QED) is 0.926. The van der Waals surface area contributed by atoms with Crippen molar-refractivity contribution in [1.29, 1.82) is 0 Å². The number of piperidine rings is 1. The van der Waals surface area contributed by atoms with Gasteiger partial charge in [-0.15, -0.1) is 0 Å². The van der Waals surface area contributed by atoms with Gasteiger partial charge in [0, 0.05) is 56.7 Å². The highest BCUT2D eigenvalue weighted by Gasteiger charge is 2.28. The third-order valence-electron chi connectivity index (χ3n) is 5.49. The standard InChI is InChI=1S/C19H32N4O/c1-14(24)22-10-7-16(8-11-22)20-12-15-6-5-9-23-13-17(19(2,3)4)21-18(15)23/h13,15-16,20H,5-12H2,1-4H3/t15-/m1/s1. The molecule has 3 heterocycles. The summed E-state index contributed by atoms with van der Waals surface area (Å²) in [6, 6.07) is 0.535. The summed E-state index contributed by atoms with van der Waals surface area (Å²) >= 11 is 0. The minimum atomic E-state index is 0.113. The fourth-order valence-corrected chi connectivity index (χ4v) is 3.83. The Morgan fingerprint density at radius 3 is 2.58 bits per heavy atom. The predicted molar refractivity (Wildman–Crippen MR) is 96.2 cm³/mol. The average Bonchev–Trinajstić information content (AvgIpc) is 2.98. The van der Waals surface area contributed by atoms with Crippen molar-refractivity contribution in [3.63, 3.8) is 0 Å². The highest BCUT2D eigenvalue weighted by atomic mass is 16.2. The molecule has 1 amide bonds. The SMILES string of the molecule is CC(=O)N1CCC(NC[C@H]2CCCn3cc(C(C)(C)C)nc32)CC1. The van der Waals surface area contributed by atoms with Gasteiger partial charge >= 0.3 is 0 Å². The van der Waals surface area contributed by atoms with Gasteiger partial charge in [-0.05, 0) is 25.7 Å². The van der Waals surface area contributed by atoms with Crippen molar-refractivity contribution < 1.29 is 4.79 Å². The van der Waals surface area contributed by atoms with Gasteiger partial charge in [-0.3, -0.25) is 4.79 Å². The Bertz CT molecular complexity index is 579. The molecule has 1 saturated heterocycles. The zero-order valence-corrected chi connectivity index (χ0v) is 15.6. The molecule has 0 bridgehead atoms. The lowest BCUT2D eigenvalue weighted by atomic mass is 9.93. The van der Waals surface area contributed by atoms with E-state index in [0.29, 0.717) is 12.0 Å². The molecular weight excluding hydrogens is 300 g/mol. The monoisotopic (exact) mass is 332 g/mol. The number of aryl methyl sites for hydroxylation is 1. The number of carbonyl (C=O) groups is 1. The van der Waals surface area contributed by atoms with Crippen molar-refractivity contribution in [2.45, 2.75) is 77.3 Å². The van der Waals surface area contributed by atoms with Crippen LogP contribution in [0.4, 0.5) is 0 Å². The summed E-state index contributed by atoms with van der Waals surface area (Å²) in [5.74, 6) is 1.98. The van der Waals surface area contributed by atoms with Gasteiger partial charge in [0.2, 0.25) is 5.91 Å². The van der Waals surface area contributed by atoms with Crippen LogP contribution in [0.25, 0.3) is 0 Å². The number of nitrogens with zero attached hydrogens (tertiary/aromatic N) is 3. The summed E-state index contributed by atoms with van der Waals surface area (Å²) in [5, 5.41) is 3.75. The Morgan fingerprint density at radius 1 is 1.25 bits per heavy atom. The molecule has 1 aromatic heterocycles. The molecule has 5 heteroatoms. The van der Waals surface area contributed by atoms with E-state index in [1.165, 1.54) is 24.4 Å². The number of hydrogen-bond acceptors (Lipinski definition) is 3. The predicted octanol–water partition coefficient (Wildman–Crippen LogP) is 2.66. The van der Waals surface area contributed by atoms with Crippen LogP contribution in [0.5, 0.6) is 0 Å². The summed E-state index contributed by atoms with van der Waals surface area (Å²) in [5.41, 5.74) is 1.32. The Balaban J connectivity index is 1.58. The first-order valence-corrected chi connectivity index (χ1v) is 9.41. The van der Waals surface area contributed by atoms with Gasteiger partial charge in [-0.2, -0.15) is 0 Å². The van der Waals surface area contributed by atoms with Crippen LogP contribution in [-0.4, -0.2) is 46.0 Å².